The topological polar surface area (TPSA) is 68.0 Å². The highest BCUT2D eigenvalue weighted by Crippen LogP contribution is 2.20. The zero-order valence-electron chi connectivity index (χ0n) is 13.4. The van der Waals surface area contributed by atoms with Crippen LogP contribution in [0.25, 0.3) is 11.5 Å². The fourth-order valence-corrected chi connectivity index (χ4v) is 3.02. The Bertz CT molecular complexity index is 769. The molecule has 0 aliphatic heterocycles. The van der Waals surface area contributed by atoms with E-state index in [0.717, 1.165) is 18.4 Å². The second kappa shape index (κ2) is 7.88. The van der Waals surface area contributed by atoms with Gasteiger partial charge in [0.2, 0.25) is 17.7 Å². The molecule has 0 spiro atoms. The van der Waals surface area contributed by atoms with Crippen LogP contribution in [-0.2, 0) is 17.6 Å². The first-order chi connectivity index (χ1) is 11.7. The number of hydrogen-bond acceptors (Lipinski definition) is 5. The zero-order chi connectivity index (χ0) is 16.8. The van der Waals surface area contributed by atoms with E-state index in [9.17, 15) is 4.79 Å². The number of hydrogen-bond donors (Lipinski definition) is 1. The number of nitrogens with one attached hydrogen (secondary N) is 1. The fraction of sp³-hybridized carbons (Fsp3) is 0.278. The van der Waals surface area contributed by atoms with Crippen molar-refractivity contribution >= 4 is 17.2 Å². The molecule has 1 N–H and O–H groups in total. The molecule has 2 aromatic heterocycles. The van der Waals surface area contributed by atoms with Crippen LogP contribution in [-0.4, -0.2) is 22.1 Å². The van der Waals surface area contributed by atoms with Gasteiger partial charge >= 0.3 is 0 Å². The fourth-order valence-electron chi connectivity index (χ4n) is 2.39. The third-order valence-electron chi connectivity index (χ3n) is 3.66. The summed E-state index contributed by atoms with van der Waals surface area (Å²) in [5.74, 6) is 0.691. The molecule has 1 amide bonds. The highest BCUT2D eigenvalue weighted by molar-refractivity contribution is 7.08. The van der Waals surface area contributed by atoms with Crippen molar-refractivity contribution in [2.45, 2.75) is 32.2 Å². The van der Waals surface area contributed by atoms with Crippen molar-refractivity contribution in [1.82, 2.24) is 15.5 Å². The second-order valence-electron chi connectivity index (χ2n) is 5.68. The van der Waals surface area contributed by atoms with Gasteiger partial charge in [0.25, 0.3) is 0 Å². The van der Waals surface area contributed by atoms with Gasteiger partial charge in [-0.05, 0) is 36.8 Å². The first-order valence-corrected chi connectivity index (χ1v) is 8.83. The number of thiophene rings is 1. The standard InChI is InChI=1S/C18H19N3O2S/c1-13(7-8-14-5-3-2-4-6-14)19-16(22)11-17-20-21-18(23-17)15-9-10-24-12-15/h2-6,9-10,12-13H,7-8,11H2,1H3,(H,19,22)/t13-/m0/s1. The Morgan fingerprint density at radius 2 is 2.08 bits per heavy atom. The molecule has 0 fully saturated rings. The molecule has 0 aliphatic rings. The van der Waals surface area contributed by atoms with Crippen LogP contribution < -0.4 is 5.32 Å². The van der Waals surface area contributed by atoms with E-state index in [2.05, 4.69) is 27.6 Å². The quantitative estimate of drug-likeness (QED) is 0.714. The first-order valence-electron chi connectivity index (χ1n) is 7.89. The summed E-state index contributed by atoms with van der Waals surface area (Å²) >= 11 is 1.56. The lowest BCUT2D eigenvalue weighted by atomic mass is 10.1. The number of carbonyl (C=O) groups excluding carboxylic acids is 1. The molecule has 0 radical (unpaired) electrons. The molecule has 0 bridgehead atoms. The van der Waals surface area contributed by atoms with Crippen molar-refractivity contribution < 1.29 is 9.21 Å². The minimum atomic E-state index is -0.101. The van der Waals surface area contributed by atoms with Crippen molar-refractivity contribution in [3.05, 3.63) is 58.6 Å². The normalized spacial score (nSPS) is 12.0. The van der Waals surface area contributed by atoms with Crippen LogP contribution in [0.2, 0.25) is 0 Å². The number of amides is 1. The molecule has 3 aromatic rings. The lowest BCUT2D eigenvalue weighted by molar-refractivity contribution is -0.121. The molecule has 124 valence electrons. The third kappa shape index (κ3) is 4.52. The van der Waals surface area contributed by atoms with E-state index in [0.29, 0.717) is 11.8 Å². The number of carbonyl (C=O) groups is 1. The maximum Gasteiger partial charge on any atom is 0.248 e. The molecule has 1 aromatic carbocycles. The largest absolute Gasteiger partial charge is 0.420 e. The molecular formula is C18H19N3O2S. The Labute approximate surface area is 144 Å². The predicted molar refractivity (Wildman–Crippen MR) is 93.7 cm³/mol. The van der Waals surface area contributed by atoms with Gasteiger partial charge in [-0.15, -0.1) is 10.2 Å². The van der Waals surface area contributed by atoms with Crippen molar-refractivity contribution in [3.8, 4) is 11.5 Å². The van der Waals surface area contributed by atoms with Crippen molar-refractivity contribution in [1.29, 1.82) is 0 Å². The number of nitrogens with zero attached hydrogens (tertiary/aromatic N) is 2. The molecule has 24 heavy (non-hydrogen) atoms. The lowest BCUT2D eigenvalue weighted by Gasteiger charge is -2.13. The molecule has 0 saturated heterocycles. The number of aryl methyl sites for hydroxylation is 1. The Morgan fingerprint density at radius 3 is 2.83 bits per heavy atom. The van der Waals surface area contributed by atoms with Gasteiger partial charge < -0.3 is 9.73 Å². The van der Waals surface area contributed by atoms with Gasteiger partial charge in [0, 0.05) is 17.0 Å². The van der Waals surface area contributed by atoms with Gasteiger partial charge in [0.1, 0.15) is 6.42 Å². The summed E-state index contributed by atoms with van der Waals surface area (Å²) in [4.78, 5) is 12.1. The van der Waals surface area contributed by atoms with Crippen LogP contribution in [0.15, 0.2) is 51.6 Å². The number of rotatable bonds is 7. The summed E-state index contributed by atoms with van der Waals surface area (Å²) in [5, 5.41) is 14.8. The minimum Gasteiger partial charge on any atom is -0.420 e. The van der Waals surface area contributed by atoms with E-state index in [1.807, 2.05) is 41.9 Å². The first kappa shape index (κ1) is 16.4. The molecule has 2 heterocycles. The Balaban J connectivity index is 1.47. The van der Waals surface area contributed by atoms with Gasteiger partial charge in [-0.3, -0.25) is 4.79 Å². The van der Waals surface area contributed by atoms with Crippen molar-refractivity contribution in [2.24, 2.45) is 0 Å². The molecule has 6 heteroatoms. The van der Waals surface area contributed by atoms with E-state index >= 15 is 0 Å². The maximum absolute atomic E-state index is 12.1. The van der Waals surface area contributed by atoms with E-state index in [1.54, 1.807) is 11.3 Å². The molecule has 5 nitrogen and oxygen atoms in total. The summed E-state index contributed by atoms with van der Waals surface area (Å²) in [6, 6.07) is 12.3. The van der Waals surface area contributed by atoms with Crippen LogP contribution in [0.3, 0.4) is 0 Å². The number of benzene rings is 1. The summed E-state index contributed by atoms with van der Waals surface area (Å²) in [5.41, 5.74) is 2.16. The van der Waals surface area contributed by atoms with Gasteiger partial charge in [-0.25, -0.2) is 0 Å². The van der Waals surface area contributed by atoms with Crippen LogP contribution in [0, 0.1) is 0 Å². The zero-order valence-corrected chi connectivity index (χ0v) is 14.3. The highest BCUT2D eigenvalue weighted by Gasteiger charge is 2.14. The molecular weight excluding hydrogens is 322 g/mol. The smallest absolute Gasteiger partial charge is 0.248 e. The van der Waals surface area contributed by atoms with Crippen LogP contribution in [0.1, 0.15) is 24.8 Å². The Morgan fingerprint density at radius 1 is 1.25 bits per heavy atom. The molecule has 0 aliphatic carbocycles. The summed E-state index contributed by atoms with van der Waals surface area (Å²) in [6.45, 7) is 2.01. The van der Waals surface area contributed by atoms with Gasteiger partial charge in [0.15, 0.2) is 0 Å². The predicted octanol–water partition coefficient (Wildman–Crippen LogP) is 3.48. The van der Waals surface area contributed by atoms with Crippen molar-refractivity contribution in [2.75, 3.05) is 0 Å². The van der Waals surface area contributed by atoms with Gasteiger partial charge in [-0.1, -0.05) is 30.3 Å². The van der Waals surface area contributed by atoms with E-state index in [-0.39, 0.29) is 18.4 Å². The van der Waals surface area contributed by atoms with Gasteiger partial charge in [-0.2, -0.15) is 11.3 Å². The van der Waals surface area contributed by atoms with E-state index in [1.165, 1.54) is 5.56 Å². The average molecular weight is 341 g/mol. The number of aromatic nitrogens is 2. The van der Waals surface area contributed by atoms with Crippen LogP contribution in [0.4, 0.5) is 0 Å². The Kier molecular flexibility index (Phi) is 5.38. The minimum absolute atomic E-state index is 0.0944. The van der Waals surface area contributed by atoms with E-state index in [4.69, 9.17) is 4.42 Å². The SMILES string of the molecule is C[C@@H](CCc1ccccc1)NC(=O)Cc1nnc(-c2ccsc2)o1. The lowest BCUT2D eigenvalue weighted by Crippen LogP contribution is -2.34. The van der Waals surface area contributed by atoms with E-state index < -0.39 is 0 Å². The summed E-state index contributed by atoms with van der Waals surface area (Å²) in [6.07, 6.45) is 1.93. The monoisotopic (exact) mass is 341 g/mol. The average Bonchev–Trinajstić information content (AvgIpc) is 3.25. The molecule has 3 rings (SSSR count). The summed E-state index contributed by atoms with van der Waals surface area (Å²) < 4.78 is 5.53. The van der Waals surface area contributed by atoms with Crippen LogP contribution >= 0.6 is 11.3 Å². The highest BCUT2D eigenvalue weighted by atomic mass is 32.1. The van der Waals surface area contributed by atoms with Gasteiger partial charge in [0.05, 0.1) is 0 Å². The van der Waals surface area contributed by atoms with Crippen LogP contribution in [0.5, 0.6) is 0 Å². The summed E-state index contributed by atoms with van der Waals surface area (Å²) in [7, 11) is 0. The maximum atomic E-state index is 12.1. The second-order valence-corrected chi connectivity index (χ2v) is 6.46. The third-order valence-corrected chi connectivity index (χ3v) is 4.35. The molecule has 0 saturated carbocycles. The van der Waals surface area contributed by atoms with Crippen molar-refractivity contribution in [3.63, 3.8) is 0 Å². The Hall–Kier alpha value is -2.47. The molecule has 1 atom stereocenters. The molecule has 0 unspecified atom stereocenters.